The summed E-state index contributed by atoms with van der Waals surface area (Å²) in [6.45, 7) is 4.97. The van der Waals surface area contributed by atoms with E-state index in [4.69, 9.17) is 17.3 Å². The number of nitrogens with two attached hydrogens (primary N) is 1. The lowest BCUT2D eigenvalue weighted by Gasteiger charge is -2.40. The van der Waals surface area contributed by atoms with E-state index in [2.05, 4.69) is 22.6 Å². The van der Waals surface area contributed by atoms with Gasteiger partial charge in [-0.05, 0) is 6.92 Å². The molecule has 0 amide bonds. The van der Waals surface area contributed by atoms with Gasteiger partial charge in [0.05, 0.1) is 6.20 Å². The van der Waals surface area contributed by atoms with Crippen molar-refractivity contribution in [2.45, 2.75) is 13.0 Å². The van der Waals surface area contributed by atoms with Gasteiger partial charge in [-0.2, -0.15) is 0 Å². The largest absolute Gasteiger partial charge is 0.383 e. The quantitative estimate of drug-likeness (QED) is 0.548. The van der Waals surface area contributed by atoms with Crippen LogP contribution in [0.25, 0.3) is 0 Å². The first-order valence-electron chi connectivity index (χ1n) is 5.04. The van der Waals surface area contributed by atoms with Crippen molar-refractivity contribution in [3.05, 3.63) is 23.4 Å². The van der Waals surface area contributed by atoms with E-state index >= 15 is 0 Å². The molecule has 6 heteroatoms. The van der Waals surface area contributed by atoms with Crippen molar-refractivity contribution in [3.63, 3.8) is 0 Å². The molecule has 1 atom stereocenters. The third-order valence-electron chi connectivity index (χ3n) is 2.51. The highest BCUT2D eigenvalue weighted by Crippen LogP contribution is 2.14. The predicted molar refractivity (Wildman–Crippen MR) is 60.2 cm³/mol. The Morgan fingerprint density at radius 3 is 3.13 bits per heavy atom. The van der Waals surface area contributed by atoms with Crippen LogP contribution in [0, 0.1) is 0 Å². The maximum absolute atomic E-state index is 5.90. The molecule has 1 fully saturated rings. The molecule has 0 aliphatic carbocycles. The highest BCUT2D eigenvalue weighted by atomic mass is 35.5. The van der Waals surface area contributed by atoms with E-state index in [9.17, 15) is 0 Å². The fourth-order valence-corrected chi connectivity index (χ4v) is 1.93. The summed E-state index contributed by atoms with van der Waals surface area (Å²) in [5.74, 6) is 0.661. The summed E-state index contributed by atoms with van der Waals surface area (Å²) in [5, 5.41) is 10.9. The van der Waals surface area contributed by atoms with E-state index in [1.165, 1.54) is 0 Å². The zero-order valence-corrected chi connectivity index (χ0v) is 9.46. The monoisotopic (exact) mass is 229 g/mol. The topological polar surface area (TPSA) is 56.6 Å². The summed E-state index contributed by atoms with van der Waals surface area (Å²) < 4.78 is 0. The Balaban J connectivity index is 2.08. The predicted octanol–water partition coefficient (Wildman–Crippen LogP) is -0.104. The average molecular weight is 230 g/mol. The van der Waals surface area contributed by atoms with Gasteiger partial charge in [0.1, 0.15) is 11.0 Å². The van der Waals surface area contributed by atoms with Gasteiger partial charge < -0.3 is 16.4 Å². The molecule has 0 bridgehead atoms. The molecule has 5 nitrogen and oxygen atoms in total. The summed E-state index contributed by atoms with van der Waals surface area (Å²) in [4.78, 5) is 0. The summed E-state index contributed by atoms with van der Waals surface area (Å²) in [7, 11) is 0. The molecule has 0 aromatic carbocycles. The van der Waals surface area contributed by atoms with Crippen molar-refractivity contribution in [3.8, 4) is 0 Å². The van der Waals surface area contributed by atoms with E-state index in [1.807, 2.05) is 5.01 Å². The first kappa shape index (κ1) is 10.6. The highest BCUT2D eigenvalue weighted by molar-refractivity contribution is 6.29. The number of hydrogen-bond acceptors (Lipinski definition) is 5. The fraction of sp³-hybridized carbons (Fsp3) is 0.556. The lowest BCUT2D eigenvalue weighted by Crippen LogP contribution is -2.55. The van der Waals surface area contributed by atoms with Crippen molar-refractivity contribution in [1.82, 2.24) is 20.7 Å². The first-order valence-corrected chi connectivity index (χ1v) is 5.41. The third-order valence-corrected chi connectivity index (χ3v) is 2.72. The van der Waals surface area contributed by atoms with Crippen molar-refractivity contribution >= 4 is 11.6 Å². The van der Waals surface area contributed by atoms with Crippen LogP contribution in [0.3, 0.4) is 0 Å². The Hall–Kier alpha value is -0.910. The Bertz CT molecular complexity index is 301. The number of rotatable bonds is 1. The molecule has 15 heavy (non-hydrogen) atoms. The second-order valence-electron chi connectivity index (χ2n) is 3.80. The zero-order chi connectivity index (χ0) is 10.8. The average Bonchev–Trinajstić information content (AvgIpc) is 2.22. The van der Waals surface area contributed by atoms with E-state index in [-0.39, 0.29) is 0 Å². The standard InChI is InChI=1S/C9H16ClN5/c1-7-5-14(3-2-12-7)15-6-8(10)13-4-9(15)11/h4,6-7,12-13H,2-3,5,11H2,1H3/t7-/m0/s1. The van der Waals surface area contributed by atoms with Gasteiger partial charge in [0.25, 0.3) is 0 Å². The van der Waals surface area contributed by atoms with Crippen molar-refractivity contribution in [2.75, 3.05) is 19.6 Å². The second kappa shape index (κ2) is 4.30. The minimum absolute atomic E-state index is 0.466. The number of halogens is 1. The molecule has 0 saturated carbocycles. The summed E-state index contributed by atoms with van der Waals surface area (Å²) >= 11 is 5.90. The maximum Gasteiger partial charge on any atom is 0.134 e. The number of hydrazine groups is 1. The summed E-state index contributed by atoms with van der Waals surface area (Å²) in [6, 6.07) is 0.466. The lowest BCUT2D eigenvalue weighted by molar-refractivity contribution is 0.0234. The van der Waals surface area contributed by atoms with Crippen LogP contribution >= 0.6 is 11.6 Å². The molecule has 4 N–H and O–H groups in total. The second-order valence-corrected chi connectivity index (χ2v) is 4.21. The molecule has 1 saturated heterocycles. The molecule has 0 aromatic heterocycles. The molecule has 0 radical (unpaired) electrons. The van der Waals surface area contributed by atoms with Crippen LogP contribution < -0.4 is 16.4 Å². The molecule has 2 aliphatic rings. The van der Waals surface area contributed by atoms with Gasteiger partial charge in [0, 0.05) is 31.9 Å². The molecular formula is C9H16ClN5. The number of nitrogens with zero attached hydrogens (tertiary/aromatic N) is 2. The lowest BCUT2D eigenvalue weighted by atomic mass is 10.2. The molecule has 84 valence electrons. The Morgan fingerprint density at radius 1 is 1.60 bits per heavy atom. The van der Waals surface area contributed by atoms with Gasteiger partial charge in [-0.1, -0.05) is 11.6 Å². The van der Waals surface area contributed by atoms with Crippen LogP contribution in [0.1, 0.15) is 6.92 Å². The smallest absolute Gasteiger partial charge is 0.134 e. The SMILES string of the molecule is C[C@H]1CN(N2C=C(Cl)NC=C2N)CCN1. The van der Waals surface area contributed by atoms with E-state index in [0.717, 1.165) is 19.6 Å². The minimum atomic E-state index is 0.466. The van der Waals surface area contributed by atoms with Crippen LogP contribution in [-0.2, 0) is 0 Å². The van der Waals surface area contributed by atoms with Gasteiger partial charge >= 0.3 is 0 Å². The van der Waals surface area contributed by atoms with Gasteiger partial charge in [0.15, 0.2) is 0 Å². The van der Waals surface area contributed by atoms with Crippen molar-refractivity contribution in [1.29, 1.82) is 0 Å². The van der Waals surface area contributed by atoms with Crippen LogP contribution in [-0.4, -0.2) is 35.7 Å². The molecule has 2 heterocycles. The number of piperazine rings is 1. The molecule has 2 aliphatic heterocycles. The normalized spacial score (nSPS) is 28.1. The Morgan fingerprint density at radius 2 is 2.40 bits per heavy atom. The van der Waals surface area contributed by atoms with Crippen LogP contribution in [0.5, 0.6) is 0 Å². The van der Waals surface area contributed by atoms with Crippen molar-refractivity contribution in [2.24, 2.45) is 5.73 Å². The number of nitrogens with one attached hydrogen (secondary N) is 2. The zero-order valence-electron chi connectivity index (χ0n) is 8.70. The fourth-order valence-electron chi connectivity index (χ4n) is 1.78. The summed E-state index contributed by atoms with van der Waals surface area (Å²) in [5.41, 5.74) is 5.88. The van der Waals surface area contributed by atoms with Crippen LogP contribution in [0.15, 0.2) is 23.4 Å². The molecular weight excluding hydrogens is 214 g/mol. The van der Waals surface area contributed by atoms with Crippen molar-refractivity contribution < 1.29 is 0 Å². The van der Waals surface area contributed by atoms with Gasteiger partial charge in [0.2, 0.25) is 0 Å². The van der Waals surface area contributed by atoms with Gasteiger partial charge in [-0.3, -0.25) is 5.01 Å². The minimum Gasteiger partial charge on any atom is -0.383 e. The van der Waals surface area contributed by atoms with E-state index in [0.29, 0.717) is 17.0 Å². The van der Waals surface area contributed by atoms with Gasteiger partial charge in [-0.25, -0.2) is 5.01 Å². The van der Waals surface area contributed by atoms with Crippen LogP contribution in [0.2, 0.25) is 0 Å². The molecule has 0 aromatic rings. The molecule has 2 rings (SSSR count). The molecule has 0 unspecified atom stereocenters. The van der Waals surface area contributed by atoms with E-state index < -0.39 is 0 Å². The first-order chi connectivity index (χ1) is 7.16. The molecule has 0 spiro atoms. The maximum atomic E-state index is 5.90. The third kappa shape index (κ3) is 2.37. The van der Waals surface area contributed by atoms with Crippen LogP contribution in [0.4, 0.5) is 0 Å². The summed E-state index contributed by atoms with van der Waals surface area (Å²) in [6.07, 6.45) is 3.50. The highest BCUT2D eigenvalue weighted by Gasteiger charge is 2.22. The van der Waals surface area contributed by atoms with E-state index in [1.54, 1.807) is 12.4 Å². The van der Waals surface area contributed by atoms with Gasteiger partial charge in [-0.15, -0.1) is 0 Å². The Kier molecular flexibility index (Phi) is 3.04. The Labute approximate surface area is 94.5 Å². The number of hydrogen-bond donors (Lipinski definition) is 3.